The Labute approximate surface area is 164 Å². The third kappa shape index (κ3) is 7.68. The van der Waals surface area contributed by atoms with E-state index < -0.39 is 8.32 Å². The van der Waals surface area contributed by atoms with E-state index in [0.29, 0.717) is 6.61 Å². The van der Waals surface area contributed by atoms with Gasteiger partial charge in [-0.25, -0.2) is 0 Å². The monoisotopic (exact) mass is 394 g/mol. The molecular weight excluding hydrogens is 360 g/mol. The van der Waals surface area contributed by atoms with Crippen molar-refractivity contribution in [2.45, 2.75) is 68.8 Å². The molecule has 0 spiro atoms. The van der Waals surface area contributed by atoms with Crippen LogP contribution in [0.4, 0.5) is 0 Å². The van der Waals surface area contributed by atoms with Gasteiger partial charge >= 0.3 is 5.97 Å². The van der Waals surface area contributed by atoms with Gasteiger partial charge in [-0.3, -0.25) is 4.79 Å². The number of hydrogen-bond acceptors (Lipinski definition) is 4. The highest BCUT2D eigenvalue weighted by atomic mass is 32.2. The van der Waals surface area contributed by atoms with Crippen molar-refractivity contribution in [3.05, 3.63) is 42.0 Å². The maximum atomic E-state index is 12.1. The van der Waals surface area contributed by atoms with Crippen molar-refractivity contribution in [2.75, 3.05) is 13.7 Å². The van der Waals surface area contributed by atoms with Gasteiger partial charge < -0.3 is 9.16 Å². The Balaban J connectivity index is 2.57. The van der Waals surface area contributed by atoms with Crippen LogP contribution in [0.3, 0.4) is 0 Å². The van der Waals surface area contributed by atoms with E-state index in [9.17, 15) is 4.79 Å². The van der Waals surface area contributed by atoms with Crippen molar-refractivity contribution in [1.29, 1.82) is 0 Å². The molecule has 1 aromatic carbocycles. The zero-order chi connectivity index (χ0) is 19.8. The first kappa shape index (κ1) is 23.0. The molecule has 0 aliphatic rings. The Morgan fingerprint density at radius 2 is 1.85 bits per heavy atom. The lowest BCUT2D eigenvalue weighted by Gasteiger charge is -2.36. The van der Waals surface area contributed by atoms with Gasteiger partial charge in [-0.1, -0.05) is 50.6 Å². The van der Waals surface area contributed by atoms with Gasteiger partial charge in [0.2, 0.25) is 0 Å². The van der Waals surface area contributed by atoms with Crippen molar-refractivity contribution < 1.29 is 14.0 Å². The summed E-state index contributed by atoms with van der Waals surface area (Å²) in [6.45, 7) is 14.1. The summed E-state index contributed by atoms with van der Waals surface area (Å²) in [5.41, 5.74) is 1.23. The number of carbonyl (C=O) groups is 1. The van der Waals surface area contributed by atoms with Crippen LogP contribution < -0.4 is 0 Å². The van der Waals surface area contributed by atoms with Gasteiger partial charge in [0.25, 0.3) is 0 Å². The zero-order valence-electron chi connectivity index (χ0n) is 17.3. The largest absolute Gasteiger partial charge is 0.468 e. The molecule has 0 saturated carbocycles. The van der Waals surface area contributed by atoms with Crippen molar-refractivity contribution in [2.24, 2.45) is 0 Å². The molecule has 0 saturated heterocycles. The highest BCUT2D eigenvalue weighted by Gasteiger charge is 2.36. The zero-order valence-corrected chi connectivity index (χ0v) is 19.1. The summed E-state index contributed by atoms with van der Waals surface area (Å²) in [5, 5.41) is 0.0306. The first-order chi connectivity index (χ1) is 12.1. The van der Waals surface area contributed by atoms with Crippen molar-refractivity contribution in [3.63, 3.8) is 0 Å². The van der Waals surface area contributed by atoms with Gasteiger partial charge in [-0.05, 0) is 50.0 Å². The van der Waals surface area contributed by atoms with E-state index in [-0.39, 0.29) is 16.3 Å². The lowest BCUT2D eigenvalue weighted by Crippen LogP contribution is -2.41. The van der Waals surface area contributed by atoms with Crippen LogP contribution in [0.15, 0.2) is 46.9 Å². The molecule has 0 bridgehead atoms. The topological polar surface area (TPSA) is 35.5 Å². The minimum absolute atomic E-state index is 0.164. The minimum Gasteiger partial charge on any atom is -0.468 e. The molecule has 26 heavy (non-hydrogen) atoms. The molecule has 0 radical (unpaired) electrons. The summed E-state index contributed by atoms with van der Waals surface area (Å²) in [6.07, 6.45) is 3.78. The fraction of sp³-hybridized carbons (Fsp3) is 0.571. The quantitative estimate of drug-likeness (QED) is 0.220. The van der Waals surface area contributed by atoms with Gasteiger partial charge in [0.1, 0.15) is 5.25 Å². The van der Waals surface area contributed by atoms with E-state index >= 15 is 0 Å². The molecular formula is C21H34O3SSi. The summed E-state index contributed by atoms with van der Waals surface area (Å²) in [6, 6.07) is 9.99. The summed E-state index contributed by atoms with van der Waals surface area (Å²) < 4.78 is 11.2. The number of esters is 1. The van der Waals surface area contributed by atoms with E-state index in [1.807, 2.05) is 30.3 Å². The van der Waals surface area contributed by atoms with Crippen molar-refractivity contribution >= 4 is 26.0 Å². The van der Waals surface area contributed by atoms with Gasteiger partial charge in [-0.15, -0.1) is 11.8 Å². The SMILES string of the molecule is COC(=O)C(CC/C=C(\C)CO[Si](C)(C)C(C)(C)C)Sc1ccccc1. The van der Waals surface area contributed by atoms with Gasteiger partial charge in [0.05, 0.1) is 13.7 Å². The molecule has 0 N–H and O–H groups in total. The van der Waals surface area contributed by atoms with E-state index in [1.165, 1.54) is 12.7 Å². The third-order valence-corrected chi connectivity index (χ3v) is 10.6. The Morgan fingerprint density at radius 1 is 1.23 bits per heavy atom. The van der Waals surface area contributed by atoms with E-state index in [1.54, 1.807) is 11.8 Å². The molecule has 0 fully saturated rings. The highest BCUT2D eigenvalue weighted by Crippen LogP contribution is 2.36. The average Bonchev–Trinajstić information content (AvgIpc) is 2.58. The summed E-state index contributed by atoms with van der Waals surface area (Å²) in [5.74, 6) is -0.164. The van der Waals surface area contributed by atoms with Crippen LogP contribution in [-0.4, -0.2) is 33.3 Å². The number of ether oxygens (including phenoxy) is 1. The van der Waals surface area contributed by atoms with Gasteiger partial charge in [0.15, 0.2) is 8.32 Å². The first-order valence-electron chi connectivity index (χ1n) is 9.16. The molecule has 3 nitrogen and oxygen atoms in total. The Hall–Kier alpha value is -1.04. The lowest BCUT2D eigenvalue weighted by atomic mass is 10.2. The summed E-state index contributed by atoms with van der Waals surface area (Å²) >= 11 is 1.57. The van der Waals surface area contributed by atoms with Crippen LogP contribution in [0.5, 0.6) is 0 Å². The fourth-order valence-electron chi connectivity index (χ4n) is 2.07. The molecule has 5 heteroatoms. The van der Waals surface area contributed by atoms with Crippen molar-refractivity contribution in [1.82, 2.24) is 0 Å². The van der Waals surface area contributed by atoms with Crippen LogP contribution in [0.25, 0.3) is 0 Å². The number of carbonyl (C=O) groups excluding carboxylic acids is 1. The normalized spacial score (nSPS) is 14.2. The smallest absolute Gasteiger partial charge is 0.319 e. The van der Waals surface area contributed by atoms with Gasteiger partial charge in [0, 0.05) is 4.90 Å². The number of benzene rings is 1. The number of methoxy groups -OCH3 is 1. The fourth-order valence-corrected chi connectivity index (χ4v) is 4.18. The molecule has 1 aromatic rings. The van der Waals surface area contributed by atoms with Crippen molar-refractivity contribution in [3.8, 4) is 0 Å². The molecule has 0 amide bonds. The maximum absolute atomic E-state index is 12.1. The highest BCUT2D eigenvalue weighted by molar-refractivity contribution is 8.00. The number of rotatable bonds is 9. The molecule has 0 aromatic heterocycles. The Kier molecular flexibility index (Phi) is 9.14. The second-order valence-corrected chi connectivity index (χ2v) is 14.2. The predicted molar refractivity (Wildman–Crippen MR) is 114 cm³/mol. The molecule has 1 rings (SSSR count). The molecule has 0 aliphatic carbocycles. The standard InChI is InChI=1S/C21H34O3SSi/c1-17(16-24-26(6,7)21(2,3)4)12-11-15-19(20(22)23-5)25-18-13-9-8-10-14-18/h8-10,12-14,19H,11,15-16H2,1-7H3/b17-12+. The molecule has 0 heterocycles. The number of allylic oxidation sites excluding steroid dienone is 1. The van der Waals surface area contributed by atoms with Crippen LogP contribution in [0.1, 0.15) is 40.5 Å². The second kappa shape index (κ2) is 10.3. The average molecular weight is 395 g/mol. The van der Waals surface area contributed by atoms with Gasteiger partial charge in [-0.2, -0.15) is 0 Å². The van der Waals surface area contributed by atoms with Crippen LogP contribution in [0, 0.1) is 0 Å². The molecule has 1 atom stereocenters. The Morgan fingerprint density at radius 3 is 2.38 bits per heavy atom. The maximum Gasteiger partial charge on any atom is 0.319 e. The number of hydrogen-bond donors (Lipinski definition) is 0. The molecule has 146 valence electrons. The minimum atomic E-state index is -1.72. The number of thioether (sulfide) groups is 1. The van der Waals surface area contributed by atoms with Crippen LogP contribution in [0.2, 0.25) is 18.1 Å². The van der Waals surface area contributed by atoms with Crippen LogP contribution in [-0.2, 0) is 14.0 Å². The van der Waals surface area contributed by atoms with E-state index in [0.717, 1.165) is 17.7 Å². The summed E-state index contributed by atoms with van der Waals surface area (Å²) in [7, 11) is -0.269. The third-order valence-electron chi connectivity index (χ3n) is 4.87. The van der Waals surface area contributed by atoms with E-state index in [2.05, 4.69) is 46.9 Å². The molecule has 0 aliphatic heterocycles. The predicted octanol–water partition coefficient (Wildman–Crippen LogP) is 6.07. The Bertz CT molecular complexity index is 591. The molecule has 1 unspecified atom stereocenters. The summed E-state index contributed by atoms with van der Waals surface area (Å²) in [4.78, 5) is 13.2. The first-order valence-corrected chi connectivity index (χ1v) is 12.9. The van der Waals surface area contributed by atoms with Crippen LogP contribution >= 0.6 is 11.8 Å². The lowest BCUT2D eigenvalue weighted by molar-refractivity contribution is -0.140. The second-order valence-electron chi connectivity index (χ2n) is 8.12. The van der Waals surface area contributed by atoms with E-state index in [4.69, 9.17) is 9.16 Å².